The van der Waals surface area contributed by atoms with E-state index in [0.717, 1.165) is 12.1 Å². The van der Waals surface area contributed by atoms with Gasteiger partial charge >= 0.3 is 24.2 Å². The monoisotopic (exact) mass is 487 g/mol. The highest BCUT2D eigenvalue weighted by molar-refractivity contribution is 7.91. The van der Waals surface area contributed by atoms with E-state index >= 15 is 0 Å². The second-order valence-electron chi connectivity index (χ2n) is 6.98. The van der Waals surface area contributed by atoms with Crippen molar-refractivity contribution in [2.24, 2.45) is 4.99 Å². The maximum absolute atomic E-state index is 14.6. The third-order valence-corrected chi connectivity index (χ3v) is 5.82. The van der Waals surface area contributed by atoms with Crippen molar-refractivity contribution in [3.8, 4) is 0 Å². The molecule has 0 aliphatic heterocycles. The van der Waals surface area contributed by atoms with Gasteiger partial charge in [-0.2, -0.15) is 26.3 Å². The van der Waals surface area contributed by atoms with E-state index in [1.807, 2.05) is 0 Å². The summed E-state index contributed by atoms with van der Waals surface area (Å²) in [7, 11) is -4.65. The lowest BCUT2D eigenvalue weighted by atomic mass is 10.0. The van der Waals surface area contributed by atoms with E-state index in [1.54, 1.807) is 6.92 Å². The van der Waals surface area contributed by atoms with Gasteiger partial charge in [-0.05, 0) is 24.6 Å². The SMILES string of the molecule is Cc1ccc(N=C(CS(=O)(=O)Cc2ccccc2)C(F)(F)C(F)(F)C(F)(F)C(F)F)cc1. The van der Waals surface area contributed by atoms with E-state index in [2.05, 4.69) is 4.99 Å². The zero-order valence-corrected chi connectivity index (χ0v) is 17.2. The molecule has 0 aliphatic rings. The van der Waals surface area contributed by atoms with Gasteiger partial charge in [0, 0.05) is 0 Å². The molecule has 0 unspecified atom stereocenters. The van der Waals surface area contributed by atoms with Crippen LogP contribution in [0.25, 0.3) is 0 Å². The summed E-state index contributed by atoms with van der Waals surface area (Å²) in [5, 5.41) is 0. The van der Waals surface area contributed by atoms with Crippen LogP contribution < -0.4 is 0 Å². The van der Waals surface area contributed by atoms with Crippen molar-refractivity contribution in [1.82, 2.24) is 0 Å². The molecular weight excluding hydrogens is 470 g/mol. The fourth-order valence-corrected chi connectivity index (χ4v) is 4.05. The molecule has 0 aliphatic carbocycles. The first-order valence-corrected chi connectivity index (χ1v) is 10.7. The summed E-state index contributed by atoms with van der Waals surface area (Å²) in [4.78, 5) is 3.17. The summed E-state index contributed by atoms with van der Waals surface area (Å²) >= 11 is 0. The lowest BCUT2D eigenvalue weighted by Crippen LogP contribution is -2.61. The molecule has 0 radical (unpaired) electrons. The largest absolute Gasteiger partial charge is 0.383 e. The van der Waals surface area contributed by atoms with Crippen LogP contribution in [0.5, 0.6) is 0 Å². The molecule has 0 bridgehead atoms. The number of hydrogen-bond donors (Lipinski definition) is 0. The minimum atomic E-state index is -6.63. The molecule has 0 spiro atoms. The van der Waals surface area contributed by atoms with Crippen molar-refractivity contribution in [3.05, 3.63) is 65.7 Å². The molecule has 3 nitrogen and oxygen atoms in total. The number of sulfone groups is 1. The molecule has 0 atom stereocenters. The molecule has 0 aromatic heterocycles. The molecule has 176 valence electrons. The molecular formula is C20H17F8NO2S. The van der Waals surface area contributed by atoms with Crippen molar-refractivity contribution in [1.29, 1.82) is 0 Å². The van der Waals surface area contributed by atoms with Crippen LogP contribution in [0.2, 0.25) is 0 Å². The van der Waals surface area contributed by atoms with Gasteiger partial charge in [0.1, 0.15) is 5.71 Å². The number of hydrogen-bond acceptors (Lipinski definition) is 3. The number of halogens is 8. The van der Waals surface area contributed by atoms with Crippen LogP contribution in [0.15, 0.2) is 59.6 Å². The topological polar surface area (TPSA) is 46.5 Å². The quantitative estimate of drug-likeness (QED) is 0.329. The molecule has 0 fully saturated rings. The minimum Gasteiger partial charge on any atom is -0.250 e. The second-order valence-corrected chi connectivity index (χ2v) is 9.05. The van der Waals surface area contributed by atoms with Gasteiger partial charge in [0.15, 0.2) is 9.84 Å². The minimum absolute atomic E-state index is 0.107. The maximum Gasteiger partial charge on any atom is 0.383 e. The number of rotatable bonds is 9. The number of nitrogens with zero attached hydrogens (tertiary/aromatic N) is 1. The predicted molar refractivity (Wildman–Crippen MR) is 103 cm³/mol. The molecule has 0 N–H and O–H groups in total. The van der Waals surface area contributed by atoms with E-state index in [-0.39, 0.29) is 5.56 Å². The van der Waals surface area contributed by atoms with Crippen LogP contribution in [-0.2, 0) is 15.6 Å². The van der Waals surface area contributed by atoms with Crippen LogP contribution in [0.1, 0.15) is 11.1 Å². The molecule has 2 aromatic rings. The summed E-state index contributed by atoms with van der Waals surface area (Å²) < 4.78 is 134. The smallest absolute Gasteiger partial charge is 0.250 e. The first kappa shape index (κ1) is 25.8. The Hall–Kier alpha value is -2.50. The Morgan fingerprint density at radius 3 is 1.94 bits per heavy atom. The zero-order valence-electron chi connectivity index (χ0n) is 16.4. The van der Waals surface area contributed by atoms with Gasteiger partial charge in [0.05, 0.1) is 17.2 Å². The van der Waals surface area contributed by atoms with Crippen molar-refractivity contribution in [3.63, 3.8) is 0 Å². The summed E-state index contributed by atoms with van der Waals surface area (Å²) in [5.41, 5.74) is -1.92. The van der Waals surface area contributed by atoms with Crippen LogP contribution in [0, 0.1) is 6.92 Å². The van der Waals surface area contributed by atoms with Gasteiger partial charge in [0.25, 0.3) is 0 Å². The second kappa shape index (κ2) is 9.16. The average molecular weight is 487 g/mol. The molecule has 0 saturated carbocycles. The number of alkyl halides is 8. The van der Waals surface area contributed by atoms with Gasteiger partial charge < -0.3 is 0 Å². The highest BCUT2D eigenvalue weighted by Crippen LogP contribution is 2.49. The van der Waals surface area contributed by atoms with Gasteiger partial charge in [-0.3, -0.25) is 4.99 Å². The van der Waals surface area contributed by atoms with Crippen LogP contribution in [-0.4, -0.2) is 44.1 Å². The maximum atomic E-state index is 14.6. The highest BCUT2D eigenvalue weighted by Gasteiger charge is 2.77. The third-order valence-electron chi connectivity index (χ3n) is 4.33. The Morgan fingerprint density at radius 2 is 1.44 bits per heavy atom. The number of aryl methyl sites for hydroxylation is 1. The summed E-state index contributed by atoms with van der Waals surface area (Å²) in [5.74, 6) is -21.8. The summed E-state index contributed by atoms with van der Waals surface area (Å²) in [6.07, 6.45) is -5.13. The Balaban J connectivity index is 2.57. The van der Waals surface area contributed by atoms with Crippen LogP contribution in [0.3, 0.4) is 0 Å². The first-order chi connectivity index (χ1) is 14.6. The molecule has 2 aromatic carbocycles. The van der Waals surface area contributed by atoms with E-state index in [0.29, 0.717) is 5.56 Å². The normalized spacial score (nSPS) is 14.1. The average Bonchev–Trinajstić information content (AvgIpc) is 2.69. The van der Waals surface area contributed by atoms with E-state index in [1.165, 1.54) is 42.5 Å². The van der Waals surface area contributed by atoms with Gasteiger partial charge in [-0.1, -0.05) is 48.0 Å². The van der Waals surface area contributed by atoms with E-state index < -0.39 is 56.9 Å². The predicted octanol–water partition coefficient (Wildman–Crippen LogP) is 5.85. The first-order valence-electron chi connectivity index (χ1n) is 8.91. The van der Waals surface area contributed by atoms with E-state index in [4.69, 9.17) is 0 Å². The van der Waals surface area contributed by atoms with Crippen LogP contribution >= 0.6 is 0 Å². The fourth-order valence-electron chi connectivity index (χ4n) is 2.58. The summed E-state index contributed by atoms with van der Waals surface area (Å²) in [6, 6.07) is 11.8. The Kier molecular flexibility index (Phi) is 7.38. The molecule has 32 heavy (non-hydrogen) atoms. The summed E-state index contributed by atoms with van der Waals surface area (Å²) in [6.45, 7) is 1.59. The van der Waals surface area contributed by atoms with Crippen molar-refractivity contribution < 1.29 is 43.5 Å². The Bertz CT molecular complexity index is 1050. The lowest BCUT2D eigenvalue weighted by molar-refractivity contribution is -0.319. The van der Waals surface area contributed by atoms with Crippen molar-refractivity contribution in [2.75, 3.05) is 5.75 Å². The molecule has 12 heteroatoms. The molecule has 0 heterocycles. The Morgan fingerprint density at radius 1 is 0.906 bits per heavy atom. The van der Waals surface area contributed by atoms with Crippen molar-refractivity contribution >= 4 is 21.2 Å². The standard InChI is InChI=1S/C20H17F8NO2S/c1-13-7-9-15(10-8-13)29-16(12-32(30,31)11-14-5-3-2-4-6-14)18(23,24)20(27,28)19(25,26)17(21)22/h2-10,17H,11-12H2,1H3. The Labute approximate surface area is 178 Å². The third kappa shape index (κ3) is 5.45. The molecule has 2 rings (SSSR count). The number of benzene rings is 2. The number of aliphatic imine (C=N–C) groups is 1. The van der Waals surface area contributed by atoms with Gasteiger partial charge in [-0.25, -0.2) is 17.2 Å². The highest BCUT2D eigenvalue weighted by atomic mass is 32.2. The lowest BCUT2D eigenvalue weighted by Gasteiger charge is -2.33. The van der Waals surface area contributed by atoms with Crippen LogP contribution in [0.4, 0.5) is 40.8 Å². The molecule has 0 saturated heterocycles. The zero-order chi connectivity index (χ0) is 24.4. The molecule has 0 amide bonds. The van der Waals surface area contributed by atoms with Gasteiger partial charge in [0.2, 0.25) is 0 Å². The van der Waals surface area contributed by atoms with Gasteiger partial charge in [-0.15, -0.1) is 0 Å². The van der Waals surface area contributed by atoms with E-state index in [9.17, 15) is 43.5 Å². The fraction of sp³-hybridized carbons (Fsp3) is 0.350. The van der Waals surface area contributed by atoms with Crippen molar-refractivity contribution in [2.45, 2.75) is 36.9 Å².